The molecule has 0 radical (unpaired) electrons. The first-order valence-corrected chi connectivity index (χ1v) is 10.2. The third-order valence-electron chi connectivity index (χ3n) is 5.23. The summed E-state index contributed by atoms with van der Waals surface area (Å²) in [4.78, 5) is 20.7. The Morgan fingerprint density at radius 3 is 2.68 bits per heavy atom. The molecule has 1 aliphatic rings. The number of hydrogen-bond donors (Lipinski definition) is 2. The summed E-state index contributed by atoms with van der Waals surface area (Å²) in [7, 11) is 1.60. The number of aromatic nitrogens is 4. The van der Waals surface area contributed by atoms with E-state index >= 15 is 0 Å². The lowest BCUT2D eigenvalue weighted by molar-refractivity contribution is -0.117. The maximum Gasteiger partial charge on any atom is 0.249 e. The zero-order valence-electron chi connectivity index (χ0n) is 17.1. The smallest absolute Gasteiger partial charge is 0.249 e. The van der Waals surface area contributed by atoms with Gasteiger partial charge in [0.2, 0.25) is 17.7 Å². The highest BCUT2D eigenvalue weighted by Crippen LogP contribution is 2.30. The monoisotopic (exact) mass is 414 g/mol. The van der Waals surface area contributed by atoms with Crippen molar-refractivity contribution in [3.63, 3.8) is 0 Å². The van der Waals surface area contributed by atoms with Gasteiger partial charge in [-0.15, -0.1) is 5.10 Å². The SMILES string of the molecule is COc1ccc(NCc2ccc(-c3cccc4nc(NC(=O)C5CC5)nn34)cc2)cn1. The molecule has 8 heteroatoms. The third-order valence-corrected chi connectivity index (χ3v) is 5.23. The largest absolute Gasteiger partial charge is 0.481 e. The molecule has 1 saturated carbocycles. The fraction of sp³-hybridized carbons (Fsp3) is 0.217. The normalized spacial score (nSPS) is 13.2. The number of amides is 1. The van der Waals surface area contributed by atoms with E-state index < -0.39 is 0 Å². The van der Waals surface area contributed by atoms with E-state index in [1.54, 1.807) is 17.8 Å². The fourth-order valence-corrected chi connectivity index (χ4v) is 3.34. The van der Waals surface area contributed by atoms with Crippen LogP contribution in [0.3, 0.4) is 0 Å². The minimum atomic E-state index is 0.00127. The molecule has 1 aromatic carbocycles. The van der Waals surface area contributed by atoms with E-state index in [-0.39, 0.29) is 11.8 Å². The van der Waals surface area contributed by atoms with Gasteiger partial charge < -0.3 is 10.1 Å². The highest BCUT2D eigenvalue weighted by Gasteiger charge is 2.30. The van der Waals surface area contributed by atoms with Gasteiger partial charge >= 0.3 is 0 Å². The number of anilines is 2. The Bertz CT molecular complexity index is 1210. The van der Waals surface area contributed by atoms with E-state index in [1.807, 2.05) is 30.3 Å². The molecule has 0 saturated heterocycles. The van der Waals surface area contributed by atoms with Crippen molar-refractivity contribution in [2.75, 3.05) is 17.7 Å². The number of carbonyl (C=O) groups is 1. The highest BCUT2D eigenvalue weighted by atomic mass is 16.5. The van der Waals surface area contributed by atoms with Crippen LogP contribution in [0, 0.1) is 5.92 Å². The van der Waals surface area contributed by atoms with E-state index in [1.165, 1.54) is 0 Å². The van der Waals surface area contributed by atoms with Crippen molar-refractivity contribution in [2.45, 2.75) is 19.4 Å². The minimum absolute atomic E-state index is 0.00127. The fourth-order valence-electron chi connectivity index (χ4n) is 3.34. The number of benzene rings is 1. The van der Waals surface area contributed by atoms with Gasteiger partial charge in [-0.1, -0.05) is 30.3 Å². The van der Waals surface area contributed by atoms with E-state index in [4.69, 9.17) is 4.74 Å². The molecule has 3 aromatic heterocycles. The predicted octanol–water partition coefficient (Wildman–Crippen LogP) is 3.76. The molecule has 0 spiro atoms. The first-order valence-electron chi connectivity index (χ1n) is 10.2. The second-order valence-electron chi connectivity index (χ2n) is 7.52. The molecule has 31 heavy (non-hydrogen) atoms. The van der Waals surface area contributed by atoms with Gasteiger partial charge in [-0.05, 0) is 36.6 Å². The molecule has 0 aliphatic heterocycles. The molecular weight excluding hydrogens is 392 g/mol. The van der Waals surface area contributed by atoms with Crippen molar-refractivity contribution in [1.82, 2.24) is 19.6 Å². The first kappa shape index (κ1) is 19.0. The number of fused-ring (bicyclic) bond motifs is 1. The Labute approximate surface area is 179 Å². The lowest BCUT2D eigenvalue weighted by Crippen LogP contribution is -2.14. The van der Waals surface area contributed by atoms with Crippen LogP contribution in [0.2, 0.25) is 0 Å². The summed E-state index contributed by atoms with van der Waals surface area (Å²) in [6.45, 7) is 0.680. The molecule has 2 N–H and O–H groups in total. The molecule has 5 rings (SSSR count). The molecule has 1 amide bonds. The van der Waals surface area contributed by atoms with Crippen LogP contribution in [0.25, 0.3) is 16.9 Å². The lowest BCUT2D eigenvalue weighted by atomic mass is 10.1. The quantitative estimate of drug-likeness (QED) is 0.478. The van der Waals surface area contributed by atoms with E-state index in [0.29, 0.717) is 24.0 Å². The van der Waals surface area contributed by atoms with Gasteiger partial charge in [0.1, 0.15) is 0 Å². The van der Waals surface area contributed by atoms with Crippen LogP contribution in [0.4, 0.5) is 11.6 Å². The van der Waals surface area contributed by atoms with Crippen LogP contribution in [0.5, 0.6) is 5.88 Å². The number of ether oxygens (including phenoxy) is 1. The summed E-state index contributed by atoms with van der Waals surface area (Å²) in [5, 5.41) is 10.7. The molecular formula is C23H22N6O2. The standard InChI is InChI=1S/C23H22N6O2/c1-31-21-12-11-18(14-25-21)24-13-15-5-7-16(8-6-15)19-3-2-4-20-26-23(28-29(19)20)27-22(30)17-9-10-17/h2-8,11-12,14,17,24H,9-10,13H2,1H3,(H,27,28,30). The van der Waals surface area contributed by atoms with E-state index in [9.17, 15) is 4.79 Å². The van der Waals surface area contributed by atoms with Crippen molar-refractivity contribution in [3.8, 4) is 17.1 Å². The number of rotatable bonds is 7. The summed E-state index contributed by atoms with van der Waals surface area (Å²) < 4.78 is 6.84. The van der Waals surface area contributed by atoms with Gasteiger partial charge in [0, 0.05) is 24.1 Å². The van der Waals surface area contributed by atoms with Crippen molar-refractivity contribution < 1.29 is 9.53 Å². The van der Waals surface area contributed by atoms with Crippen molar-refractivity contribution in [3.05, 3.63) is 66.4 Å². The second-order valence-corrected chi connectivity index (χ2v) is 7.52. The summed E-state index contributed by atoms with van der Waals surface area (Å²) in [5.41, 5.74) is 4.70. The molecule has 0 unspecified atom stereocenters. The molecule has 156 valence electrons. The van der Waals surface area contributed by atoms with Gasteiger partial charge in [-0.25, -0.2) is 9.50 Å². The molecule has 0 atom stereocenters. The first-order chi connectivity index (χ1) is 15.2. The summed E-state index contributed by atoms with van der Waals surface area (Å²) in [5.74, 6) is 1.05. The van der Waals surface area contributed by atoms with Gasteiger partial charge in [0.05, 0.1) is 24.7 Å². The van der Waals surface area contributed by atoms with Crippen LogP contribution in [-0.2, 0) is 11.3 Å². The van der Waals surface area contributed by atoms with E-state index in [2.05, 4.69) is 50.0 Å². The number of nitrogens with one attached hydrogen (secondary N) is 2. The minimum Gasteiger partial charge on any atom is -0.481 e. The molecule has 3 heterocycles. The maximum absolute atomic E-state index is 12.0. The maximum atomic E-state index is 12.0. The number of methoxy groups -OCH3 is 1. The van der Waals surface area contributed by atoms with Crippen molar-refractivity contribution >= 4 is 23.2 Å². The summed E-state index contributed by atoms with van der Waals surface area (Å²) in [6.07, 6.45) is 3.64. The highest BCUT2D eigenvalue weighted by molar-refractivity contribution is 5.92. The van der Waals surface area contributed by atoms with Crippen LogP contribution in [-0.4, -0.2) is 32.6 Å². The zero-order valence-corrected chi connectivity index (χ0v) is 17.1. The Hall–Kier alpha value is -3.94. The van der Waals surface area contributed by atoms with Gasteiger partial charge in [0.25, 0.3) is 0 Å². The van der Waals surface area contributed by atoms with Crippen molar-refractivity contribution in [2.24, 2.45) is 5.92 Å². The molecule has 1 aliphatic carbocycles. The van der Waals surface area contributed by atoms with Crippen LogP contribution >= 0.6 is 0 Å². The third kappa shape index (κ3) is 4.18. The lowest BCUT2D eigenvalue weighted by Gasteiger charge is -2.08. The number of carbonyl (C=O) groups excluding carboxylic acids is 1. The van der Waals surface area contributed by atoms with Crippen LogP contribution < -0.4 is 15.4 Å². The molecule has 0 bridgehead atoms. The topological polar surface area (TPSA) is 93.4 Å². The van der Waals surface area contributed by atoms with Gasteiger partial charge in [-0.2, -0.15) is 4.98 Å². The Morgan fingerprint density at radius 2 is 1.97 bits per heavy atom. The average Bonchev–Trinajstić information content (AvgIpc) is 3.58. The molecule has 4 aromatic rings. The molecule has 8 nitrogen and oxygen atoms in total. The number of pyridine rings is 2. The van der Waals surface area contributed by atoms with Crippen LogP contribution in [0.15, 0.2) is 60.8 Å². The Kier molecular flexibility index (Phi) is 4.95. The summed E-state index contributed by atoms with van der Waals surface area (Å²) in [6, 6.07) is 17.8. The second kappa shape index (κ2) is 8.06. The predicted molar refractivity (Wildman–Crippen MR) is 118 cm³/mol. The zero-order chi connectivity index (χ0) is 21.2. The summed E-state index contributed by atoms with van der Waals surface area (Å²) >= 11 is 0. The van der Waals surface area contributed by atoms with E-state index in [0.717, 1.165) is 35.3 Å². The van der Waals surface area contributed by atoms with Gasteiger partial charge in [0.15, 0.2) is 5.65 Å². The Balaban J connectivity index is 1.31. The van der Waals surface area contributed by atoms with Gasteiger partial charge in [-0.3, -0.25) is 10.1 Å². The number of nitrogens with zero attached hydrogens (tertiary/aromatic N) is 4. The number of hydrogen-bond acceptors (Lipinski definition) is 6. The molecule has 1 fully saturated rings. The van der Waals surface area contributed by atoms with Crippen LogP contribution in [0.1, 0.15) is 18.4 Å². The Morgan fingerprint density at radius 1 is 1.13 bits per heavy atom. The average molecular weight is 414 g/mol. The van der Waals surface area contributed by atoms with Crippen molar-refractivity contribution in [1.29, 1.82) is 0 Å².